The number of nitrogens with one attached hydrogen (secondary N) is 1. The Bertz CT molecular complexity index is 564. The second-order valence-corrected chi connectivity index (χ2v) is 5.96. The molecule has 0 unspecified atom stereocenters. The lowest BCUT2D eigenvalue weighted by molar-refractivity contribution is 0.423. The maximum atomic E-state index is 13.0. The highest BCUT2D eigenvalue weighted by atomic mass is 19.1. The molecule has 1 aromatic heterocycles. The number of hydrogen-bond acceptors (Lipinski definition) is 2. The minimum atomic E-state index is -0.228. The second-order valence-electron chi connectivity index (χ2n) is 5.96. The van der Waals surface area contributed by atoms with Crippen LogP contribution in [0, 0.1) is 5.82 Å². The van der Waals surface area contributed by atoms with Gasteiger partial charge in [-0.3, -0.25) is 0 Å². The molecule has 0 radical (unpaired) electrons. The average Bonchev–Trinajstić information content (AvgIpc) is 2.79. The van der Waals surface area contributed by atoms with Crippen LogP contribution in [0.15, 0.2) is 30.5 Å². The van der Waals surface area contributed by atoms with Gasteiger partial charge in [-0.05, 0) is 51.5 Å². The molecule has 108 valence electrons. The molecule has 0 spiro atoms. The summed E-state index contributed by atoms with van der Waals surface area (Å²) in [6.07, 6.45) is 2.78. The monoisotopic (exact) mass is 275 g/mol. The highest BCUT2D eigenvalue weighted by Crippen LogP contribution is 2.17. The van der Waals surface area contributed by atoms with Crippen molar-refractivity contribution in [1.82, 2.24) is 15.1 Å². The molecule has 0 bridgehead atoms. The Kier molecular flexibility index (Phi) is 4.23. The smallest absolute Gasteiger partial charge is 0.123 e. The first kappa shape index (κ1) is 14.7. The van der Waals surface area contributed by atoms with Crippen molar-refractivity contribution in [3.63, 3.8) is 0 Å². The van der Waals surface area contributed by atoms with Crippen LogP contribution in [-0.4, -0.2) is 15.3 Å². The van der Waals surface area contributed by atoms with Crippen LogP contribution in [0.4, 0.5) is 4.39 Å². The molecule has 1 heterocycles. The maximum absolute atomic E-state index is 13.0. The maximum Gasteiger partial charge on any atom is 0.123 e. The van der Waals surface area contributed by atoms with E-state index in [-0.39, 0.29) is 11.4 Å². The second kappa shape index (κ2) is 5.75. The highest BCUT2D eigenvalue weighted by Gasteiger charge is 2.14. The van der Waals surface area contributed by atoms with Crippen molar-refractivity contribution in [2.45, 2.75) is 46.2 Å². The summed E-state index contributed by atoms with van der Waals surface area (Å²) in [5, 5.41) is 7.92. The molecule has 0 saturated heterocycles. The molecule has 0 aliphatic heterocycles. The van der Waals surface area contributed by atoms with Crippen molar-refractivity contribution in [3.05, 3.63) is 47.5 Å². The summed E-state index contributed by atoms with van der Waals surface area (Å²) in [5.74, 6) is -0.228. The fraction of sp³-hybridized carbons (Fsp3) is 0.438. The average molecular weight is 275 g/mol. The Hall–Kier alpha value is -1.68. The van der Waals surface area contributed by atoms with Crippen LogP contribution in [0.2, 0.25) is 0 Å². The van der Waals surface area contributed by atoms with Gasteiger partial charge in [0.15, 0.2) is 0 Å². The van der Waals surface area contributed by atoms with Gasteiger partial charge < -0.3 is 5.32 Å². The first-order valence-corrected chi connectivity index (χ1v) is 6.97. The predicted molar refractivity (Wildman–Crippen MR) is 79.5 cm³/mol. The number of hydrogen-bond donors (Lipinski definition) is 1. The lowest BCUT2D eigenvalue weighted by atomic mass is 10.1. The number of rotatable bonds is 4. The lowest BCUT2D eigenvalue weighted by Gasteiger charge is -2.20. The summed E-state index contributed by atoms with van der Waals surface area (Å²) < 4.78 is 14.9. The fourth-order valence-corrected chi connectivity index (χ4v) is 2.10. The standard InChI is InChI=1S/C16H22FN3/c1-5-15-12(10-18-16(2,3)4)11-19-20(15)14-8-6-13(17)7-9-14/h6-9,11,18H,5,10H2,1-4H3. The zero-order chi connectivity index (χ0) is 14.8. The van der Waals surface area contributed by atoms with Gasteiger partial charge in [0.05, 0.1) is 11.9 Å². The molecule has 0 amide bonds. The Balaban J connectivity index is 2.27. The summed E-state index contributed by atoms with van der Waals surface area (Å²) in [6.45, 7) is 9.32. The van der Waals surface area contributed by atoms with Crippen LogP contribution < -0.4 is 5.32 Å². The van der Waals surface area contributed by atoms with Crippen molar-refractivity contribution in [2.24, 2.45) is 0 Å². The molecule has 1 aromatic carbocycles. The molecule has 0 saturated carbocycles. The third-order valence-electron chi connectivity index (χ3n) is 3.17. The van der Waals surface area contributed by atoms with Crippen molar-refractivity contribution >= 4 is 0 Å². The summed E-state index contributed by atoms with van der Waals surface area (Å²) in [4.78, 5) is 0. The van der Waals surface area contributed by atoms with Gasteiger partial charge in [-0.25, -0.2) is 9.07 Å². The van der Waals surface area contributed by atoms with Crippen LogP contribution >= 0.6 is 0 Å². The van der Waals surface area contributed by atoms with E-state index in [1.807, 2.05) is 10.9 Å². The molecule has 0 fully saturated rings. The molecule has 0 atom stereocenters. The Morgan fingerprint density at radius 3 is 2.40 bits per heavy atom. The molecule has 3 nitrogen and oxygen atoms in total. The predicted octanol–water partition coefficient (Wildman–Crippen LogP) is 3.46. The Labute approximate surface area is 119 Å². The van der Waals surface area contributed by atoms with Gasteiger partial charge >= 0.3 is 0 Å². The minimum Gasteiger partial charge on any atom is -0.308 e. The molecule has 1 N–H and O–H groups in total. The lowest BCUT2D eigenvalue weighted by Crippen LogP contribution is -2.35. The fourth-order valence-electron chi connectivity index (χ4n) is 2.10. The SMILES string of the molecule is CCc1c(CNC(C)(C)C)cnn1-c1ccc(F)cc1. The zero-order valence-electron chi connectivity index (χ0n) is 12.6. The van der Waals surface area contributed by atoms with E-state index in [0.717, 1.165) is 24.3 Å². The van der Waals surface area contributed by atoms with E-state index >= 15 is 0 Å². The Morgan fingerprint density at radius 1 is 1.20 bits per heavy atom. The van der Waals surface area contributed by atoms with Crippen molar-refractivity contribution in [2.75, 3.05) is 0 Å². The van der Waals surface area contributed by atoms with Crippen LogP contribution in [-0.2, 0) is 13.0 Å². The first-order chi connectivity index (χ1) is 9.40. The highest BCUT2D eigenvalue weighted by molar-refractivity contribution is 5.35. The molecular formula is C16H22FN3. The zero-order valence-corrected chi connectivity index (χ0v) is 12.6. The van der Waals surface area contributed by atoms with E-state index in [4.69, 9.17) is 0 Å². The van der Waals surface area contributed by atoms with Crippen molar-refractivity contribution in [3.8, 4) is 5.69 Å². The molecule has 4 heteroatoms. The van der Waals surface area contributed by atoms with Gasteiger partial charge in [0.2, 0.25) is 0 Å². The number of benzene rings is 1. The van der Waals surface area contributed by atoms with Crippen molar-refractivity contribution in [1.29, 1.82) is 0 Å². The van der Waals surface area contributed by atoms with Crippen LogP contribution in [0.5, 0.6) is 0 Å². The van der Waals surface area contributed by atoms with E-state index in [2.05, 4.69) is 38.1 Å². The van der Waals surface area contributed by atoms with Gasteiger partial charge in [0.25, 0.3) is 0 Å². The van der Waals surface area contributed by atoms with Crippen molar-refractivity contribution < 1.29 is 4.39 Å². The number of aromatic nitrogens is 2. The van der Waals surface area contributed by atoms with Gasteiger partial charge in [-0.2, -0.15) is 5.10 Å². The van der Waals surface area contributed by atoms with Gasteiger partial charge in [-0.15, -0.1) is 0 Å². The van der Waals surface area contributed by atoms with Gasteiger partial charge in [0.1, 0.15) is 5.82 Å². The van der Waals surface area contributed by atoms with Crippen LogP contribution in [0.25, 0.3) is 5.69 Å². The molecular weight excluding hydrogens is 253 g/mol. The van der Waals surface area contributed by atoms with E-state index in [1.54, 1.807) is 12.1 Å². The van der Waals surface area contributed by atoms with E-state index in [1.165, 1.54) is 17.7 Å². The van der Waals surface area contributed by atoms with Gasteiger partial charge in [-0.1, -0.05) is 6.92 Å². The third-order valence-corrected chi connectivity index (χ3v) is 3.17. The number of nitrogens with zero attached hydrogens (tertiary/aromatic N) is 2. The van der Waals surface area contributed by atoms with Crippen LogP contribution in [0.3, 0.4) is 0 Å². The molecule has 2 aromatic rings. The van der Waals surface area contributed by atoms with Gasteiger partial charge in [0, 0.05) is 23.3 Å². The topological polar surface area (TPSA) is 29.9 Å². The molecule has 0 aliphatic carbocycles. The molecule has 2 rings (SSSR count). The summed E-state index contributed by atoms with van der Waals surface area (Å²) in [6, 6.07) is 6.43. The summed E-state index contributed by atoms with van der Waals surface area (Å²) in [5.41, 5.74) is 3.31. The third kappa shape index (κ3) is 3.45. The van der Waals surface area contributed by atoms with Crippen LogP contribution in [0.1, 0.15) is 39.0 Å². The van der Waals surface area contributed by atoms with E-state index in [9.17, 15) is 4.39 Å². The number of halogens is 1. The normalized spacial score (nSPS) is 11.8. The van der Waals surface area contributed by atoms with E-state index in [0.29, 0.717) is 0 Å². The largest absolute Gasteiger partial charge is 0.308 e. The first-order valence-electron chi connectivity index (χ1n) is 6.97. The Morgan fingerprint density at radius 2 is 1.85 bits per heavy atom. The van der Waals surface area contributed by atoms with E-state index < -0.39 is 0 Å². The quantitative estimate of drug-likeness (QED) is 0.926. The molecule has 20 heavy (non-hydrogen) atoms. The summed E-state index contributed by atoms with van der Waals surface area (Å²) in [7, 11) is 0. The molecule has 0 aliphatic rings. The minimum absolute atomic E-state index is 0.0724. The summed E-state index contributed by atoms with van der Waals surface area (Å²) >= 11 is 0.